The predicted molar refractivity (Wildman–Crippen MR) is 50.6 cm³/mol. The first-order valence-electron chi connectivity index (χ1n) is 3.60. The summed E-state index contributed by atoms with van der Waals surface area (Å²) in [6.45, 7) is 0. The zero-order valence-electron chi connectivity index (χ0n) is 6.87. The molecule has 1 aromatic carbocycles. The molecule has 0 aliphatic carbocycles. The van der Waals surface area contributed by atoms with Crippen LogP contribution in [0.25, 0.3) is 0 Å². The van der Waals surface area contributed by atoms with Crippen LogP contribution in [0.2, 0.25) is 0 Å². The molecule has 0 aliphatic heterocycles. The molecular formula is C9H4BrFN2O. The maximum absolute atomic E-state index is 12.8. The van der Waals surface area contributed by atoms with Gasteiger partial charge in [-0.2, -0.15) is 10.3 Å². The van der Waals surface area contributed by atoms with Crippen molar-refractivity contribution in [3.63, 3.8) is 0 Å². The van der Waals surface area contributed by atoms with Gasteiger partial charge in [-0.15, -0.1) is 0 Å². The van der Waals surface area contributed by atoms with Crippen molar-refractivity contribution in [3.05, 3.63) is 34.1 Å². The number of isocyanates is 1. The van der Waals surface area contributed by atoms with Crippen molar-refractivity contribution in [2.24, 2.45) is 4.99 Å². The molecule has 0 saturated carbocycles. The topological polar surface area (TPSA) is 53.2 Å². The van der Waals surface area contributed by atoms with Crippen LogP contribution >= 0.6 is 15.9 Å². The average molecular weight is 255 g/mol. The molecule has 0 heterocycles. The van der Waals surface area contributed by atoms with Gasteiger partial charge in [-0.1, -0.05) is 6.07 Å². The lowest BCUT2D eigenvalue weighted by Crippen LogP contribution is -1.92. The number of nitriles is 1. The van der Waals surface area contributed by atoms with Gasteiger partial charge in [-0.25, -0.2) is 9.18 Å². The number of halogens is 2. The van der Waals surface area contributed by atoms with Gasteiger partial charge in [0.25, 0.3) is 0 Å². The largest absolute Gasteiger partial charge is 0.236 e. The van der Waals surface area contributed by atoms with Crippen LogP contribution in [0.4, 0.5) is 4.39 Å². The second-order valence-electron chi connectivity index (χ2n) is 2.43. The van der Waals surface area contributed by atoms with Crippen LogP contribution in [0.15, 0.2) is 27.7 Å². The van der Waals surface area contributed by atoms with Gasteiger partial charge in [0, 0.05) is 0 Å². The van der Waals surface area contributed by atoms with Crippen molar-refractivity contribution in [2.45, 2.75) is 6.04 Å². The molecule has 0 N–H and O–H groups in total. The van der Waals surface area contributed by atoms with Crippen molar-refractivity contribution in [1.29, 1.82) is 5.26 Å². The molecule has 70 valence electrons. The van der Waals surface area contributed by atoms with E-state index in [1.165, 1.54) is 24.3 Å². The Hall–Kier alpha value is -1.50. The van der Waals surface area contributed by atoms with Gasteiger partial charge >= 0.3 is 0 Å². The van der Waals surface area contributed by atoms with Gasteiger partial charge in [0.2, 0.25) is 6.08 Å². The summed E-state index contributed by atoms with van der Waals surface area (Å²) in [4.78, 5) is 13.2. The van der Waals surface area contributed by atoms with E-state index in [2.05, 4.69) is 20.9 Å². The van der Waals surface area contributed by atoms with Crippen LogP contribution in [0.3, 0.4) is 0 Å². The minimum atomic E-state index is -0.926. The quantitative estimate of drug-likeness (QED) is 0.602. The number of hydrogen-bond donors (Lipinski definition) is 0. The zero-order chi connectivity index (χ0) is 10.6. The fourth-order valence-electron chi connectivity index (χ4n) is 0.913. The summed E-state index contributed by atoms with van der Waals surface area (Å²) in [6, 6.07) is 4.87. The van der Waals surface area contributed by atoms with Crippen molar-refractivity contribution in [3.8, 4) is 6.07 Å². The van der Waals surface area contributed by atoms with E-state index in [9.17, 15) is 9.18 Å². The predicted octanol–water partition coefficient (Wildman–Crippen LogP) is 2.49. The number of nitrogens with zero attached hydrogens (tertiary/aromatic N) is 2. The minimum absolute atomic E-state index is 0.233. The van der Waals surface area contributed by atoms with E-state index in [1.807, 2.05) is 0 Å². The molecule has 1 rings (SSSR count). The highest BCUT2D eigenvalue weighted by Gasteiger charge is 2.10. The summed E-state index contributed by atoms with van der Waals surface area (Å²) in [5.74, 6) is -0.430. The van der Waals surface area contributed by atoms with Gasteiger partial charge in [-0.3, -0.25) is 0 Å². The summed E-state index contributed by atoms with van der Waals surface area (Å²) >= 11 is 2.97. The molecule has 3 nitrogen and oxygen atoms in total. The van der Waals surface area contributed by atoms with Crippen LogP contribution in [0, 0.1) is 17.1 Å². The Morgan fingerprint density at radius 1 is 1.57 bits per heavy atom. The van der Waals surface area contributed by atoms with E-state index in [4.69, 9.17) is 5.26 Å². The van der Waals surface area contributed by atoms with E-state index >= 15 is 0 Å². The number of rotatable bonds is 2. The van der Waals surface area contributed by atoms with Crippen LogP contribution in [0.1, 0.15) is 11.6 Å². The molecule has 0 bridgehead atoms. The lowest BCUT2D eigenvalue weighted by Gasteiger charge is -2.02. The number of carbonyl (C=O) groups excluding carboxylic acids is 1. The lowest BCUT2D eigenvalue weighted by atomic mass is 10.1. The van der Waals surface area contributed by atoms with E-state index in [0.29, 0.717) is 5.56 Å². The average Bonchev–Trinajstić information content (AvgIpc) is 2.19. The molecule has 1 atom stereocenters. The Morgan fingerprint density at radius 3 is 2.79 bits per heavy atom. The fourth-order valence-corrected chi connectivity index (χ4v) is 1.31. The lowest BCUT2D eigenvalue weighted by molar-refractivity contribution is 0.561. The molecule has 0 aromatic heterocycles. The molecule has 0 aliphatic rings. The van der Waals surface area contributed by atoms with Crippen molar-refractivity contribution in [2.75, 3.05) is 0 Å². The van der Waals surface area contributed by atoms with Gasteiger partial charge in [0.05, 0.1) is 10.5 Å². The van der Waals surface area contributed by atoms with Crippen molar-refractivity contribution < 1.29 is 9.18 Å². The van der Waals surface area contributed by atoms with E-state index in [0.717, 1.165) is 0 Å². The van der Waals surface area contributed by atoms with Crippen LogP contribution < -0.4 is 0 Å². The molecule has 5 heteroatoms. The van der Waals surface area contributed by atoms with Crippen LogP contribution in [-0.2, 0) is 4.79 Å². The molecule has 0 amide bonds. The Kier molecular flexibility index (Phi) is 3.52. The summed E-state index contributed by atoms with van der Waals surface area (Å²) < 4.78 is 13.0. The third-order valence-electron chi connectivity index (χ3n) is 1.56. The maximum Gasteiger partial charge on any atom is 0.236 e. The summed E-state index contributed by atoms with van der Waals surface area (Å²) in [6.07, 6.45) is 1.29. The van der Waals surface area contributed by atoms with Crippen molar-refractivity contribution in [1.82, 2.24) is 0 Å². The van der Waals surface area contributed by atoms with E-state index in [-0.39, 0.29) is 4.47 Å². The first kappa shape index (κ1) is 10.6. The second-order valence-corrected chi connectivity index (χ2v) is 3.28. The highest BCUT2D eigenvalue weighted by atomic mass is 79.9. The molecule has 1 aromatic rings. The highest BCUT2D eigenvalue weighted by Crippen LogP contribution is 2.22. The van der Waals surface area contributed by atoms with Gasteiger partial charge in [0.1, 0.15) is 5.82 Å². The van der Waals surface area contributed by atoms with E-state index < -0.39 is 11.9 Å². The summed E-state index contributed by atoms with van der Waals surface area (Å²) in [5, 5.41) is 8.64. The monoisotopic (exact) mass is 254 g/mol. The molecule has 1 unspecified atom stereocenters. The minimum Gasteiger partial charge on any atom is -0.211 e. The van der Waals surface area contributed by atoms with E-state index in [1.54, 1.807) is 6.07 Å². The third kappa shape index (κ3) is 2.25. The number of aliphatic imine (C=N–C) groups is 1. The molecule has 0 spiro atoms. The first-order chi connectivity index (χ1) is 6.69. The standard InChI is InChI=1S/C9H4BrFN2O/c10-7-3-6(1-2-8(7)11)9(4-12)13-5-14/h1-3,9H. The fraction of sp³-hybridized carbons (Fsp3) is 0.111. The molecule has 0 fully saturated rings. The molecule has 14 heavy (non-hydrogen) atoms. The normalized spacial score (nSPS) is 11.2. The Bertz CT molecular complexity index is 435. The Morgan fingerprint density at radius 2 is 2.29 bits per heavy atom. The van der Waals surface area contributed by atoms with Gasteiger partial charge in [0.15, 0.2) is 6.04 Å². The third-order valence-corrected chi connectivity index (χ3v) is 2.17. The Labute approximate surface area is 88.0 Å². The second kappa shape index (κ2) is 4.66. The maximum atomic E-state index is 12.8. The summed E-state index contributed by atoms with van der Waals surface area (Å²) in [7, 11) is 0. The summed E-state index contributed by atoms with van der Waals surface area (Å²) in [5.41, 5.74) is 0.448. The van der Waals surface area contributed by atoms with Gasteiger partial charge in [-0.05, 0) is 33.6 Å². The van der Waals surface area contributed by atoms with Crippen molar-refractivity contribution >= 4 is 22.0 Å². The number of hydrogen-bond acceptors (Lipinski definition) is 3. The van der Waals surface area contributed by atoms with Crippen LogP contribution in [0.5, 0.6) is 0 Å². The molecule has 0 saturated heterocycles. The van der Waals surface area contributed by atoms with Gasteiger partial charge < -0.3 is 0 Å². The smallest absolute Gasteiger partial charge is 0.211 e. The number of benzene rings is 1. The molecule has 0 radical (unpaired) electrons. The zero-order valence-corrected chi connectivity index (χ0v) is 8.45. The molecular weight excluding hydrogens is 251 g/mol. The first-order valence-corrected chi connectivity index (χ1v) is 4.40. The van der Waals surface area contributed by atoms with Crippen LogP contribution in [-0.4, -0.2) is 6.08 Å². The Balaban J connectivity index is 3.13. The highest BCUT2D eigenvalue weighted by molar-refractivity contribution is 9.10. The SMILES string of the molecule is N#CC(N=C=O)c1ccc(F)c(Br)c1.